The molecule has 0 saturated carbocycles. The first kappa shape index (κ1) is 19.6. The Bertz CT molecular complexity index is 1180. The molecule has 4 rings (SSSR count). The summed E-state index contributed by atoms with van der Waals surface area (Å²) in [6.45, 7) is 3.73. The van der Waals surface area contributed by atoms with Crippen molar-refractivity contribution in [3.05, 3.63) is 89.8 Å². The molecule has 0 unspecified atom stereocenters. The van der Waals surface area contributed by atoms with Crippen molar-refractivity contribution in [1.82, 2.24) is 19.6 Å². The molecular formula is C23H22FN5O. The first-order chi connectivity index (χ1) is 14.5. The minimum absolute atomic E-state index is 0.180. The molecule has 30 heavy (non-hydrogen) atoms. The number of para-hydroxylation sites is 1. The third kappa shape index (κ3) is 4.30. The van der Waals surface area contributed by atoms with Gasteiger partial charge in [0, 0.05) is 24.0 Å². The molecule has 0 aliphatic carbocycles. The van der Waals surface area contributed by atoms with Crippen molar-refractivity contribution in [2.45, 2.75) is 26.7 Å². The Morgan fingerprint density at radius 3 is 2.60 bits per heavy atom. The third-order valence-corrected chi connectivity index (χ3v) is 4.77. The number of aromatic nitrogens is 4. The SMILES string of the molecule is Cc1cc(C)n(-c2ccc(NC(=O)CCc3cnn(-c4ccccc4)c3)cc2F)n1. The quantitative estimate of drug-likeness (QED) is 0.519. The number of halogens is 1. The maximum atomic E-state index is 14.6. The topological polar surface area (TPSA) is 64.7 Å². The Hall–Kier alpha value is -3.74. The van der Waals surface area contributed by atoms with Gasteiger partial charge in [0.05, 0.1) is 17.6 Å². The molecule has 2 aromatic heterocycles. The minimum Gasteiger partial charge on any atom is -0.326 e. The lowest BCUT2D eigenvalue weighted by Gasteiger charge is -2.09. The van der Waals surface area contributed by atoms with Gasteiger partial charge in [-0.25, -0.2) is 13.8 Å². The smallest absolute Gasteiger partial charge is 0.224 e. The van der Waals surface area contributed by atoms with E-state index in [1.807, 2.05) is 56.4 Å². The van der Waals surface area contributed by atoms with Gasteiger partial charge in [-0.1, -0.05) is 18.2 Å². The van der Waals surface area contributed by atoms with Crippen molar-refractivity contribution in [1.29, 1.82) is 0 Å². The average molecular weight is 403 g/mol. The molecule has 1 N–H and O–H groups in total. The van der Waals surface area contributed by atoms with Crippen LogP contribution in [0.1, 0.15) is 23.4 Å². The van der Waals surface area contributed by atoms with Crippen LogP contribution in [0.3, 0.4) is 0 Å². The van der Waals surface area contributed by atoms with Crippen molar-refractivity contribution < 1.29 is 9.18 Å². The molecular weight excluding hydrogens is 381 g/mol. The van der Waals surface area contributed by atoms with E-state index in [9.17, 15) is 9.18 Å². The van der Waals surface area contributed by atoms with Crippen molar-refractivity contribution in [2.24, 2.45) is 0 Å². The summed E-state index contributed by atoms with van der Waals surface area (Å²) in [5.41, 5.74) is 4.36. The Kier molecular flexibility index (Phi) is 5.43. The normalized spacial score (nSPS) is 10.9. The molecule has 0 fully saturated rings. The van der Waals surface area contributed by atoms with Gasteiger partial charge in [0.2, 0.25) is 5.91 Å². The number of anilines is 1. The van der Waals surface area contributed by atoms with Crippen LogP contribution in [-0.2, 0) is 11.2 Å². The van der Waals surface area contributed by atoms with Gasteiger partial charge in [-0.05, 0) is 62.2 Å². The zero-order chi connectivity index (χ0) is 21.1. The second-order valence-corrected chi connectivity index (χ2v) is 7.18. The predicted molar refractivity (Wildman–Crippen MR) is 114 cm³/mol. The van der Waals surface area contributed by atoms with Gasteiger partial charge in [-0.3, -0.25) is 4.79 Å². The maximum absolute atomic E-state index is 14.6. The van der Waals surface area contributed by atoms with E-state index in [2.05, 4.69) is 15.5 Å². The Labute approximate surface area is 174 Å². The summed E-state index contributed by atoms with van der Waals surface area (Å²) in [6.07, 6.45) is 4.49. The van der Waals surface area contributed by atoms with Crippen molar-refractivity contribution in [3.63, 3.8) is 0 Å². The fraction of sp³-hybridized carbons (Fsp3) is 0.174. The van der Waals surface area contributed by atoms with Crippen molar-refractivity contribution >= 4 is 11.6 Å². The van der Waals surface area contributed by atoms with Crippen LogP contribution in [0, 0.1) is 19.7 Å². The third-order valence-electron chi connectivity index (χ3n) is 4.77. The lowest BCUT2D eigenvalue weighted by Crippen LogP contribution is -2.13. The highest BCUT2D eigenvalue weighted by Crippen LogP contribution is 2.20. The number of nitrogens with one attached hydrogen (secondary N) is 1. The second-order valence-electron chi connectivity index (χ2n) is 7.18. The number of carbonyl (C=O) groups is 1. The number of hydrogen-bond donors (Lipinski definition) is 1. The number of nitrogens with zero attached hydrogens (tertiary/aromatic N) is 4. The highest BCUT2D eigenvalue weighted by Gasteiger charge is 2.11. The summed E-state index contributed by atoms with van der Waals surface area (Å²) >= 11 is 0. The van der Waals surface area contributed by atoms with E-state index in [4.69, 9.17) is 0 Å². The molecule has 2 aromatic carbocycles. The number of amides is 1. The number of aryl methyl sites for hydroxylation is 3. The molecule has 0 bridgehead atoms. The second kappa shape index (κ2) is 8.32. The van der Waals surface area contributed by atoms with Crippen LogP contribution < -0.4 is 5.32 Å². The van der Waals surface area contributed by atoms with E-state index in [-0.39, 0.29) is 12.3 Å². The lowest BCUT2D eigenvalue weighted by molar-refractivity contribution is -0.116. The Balaban J connectivity index is 1.37. The van der Waals surface area contributed by atoms with Gasteiger partial charge in [0.1, 0.15) is 5.69 Å². The monoisotopic (exact) mass is 403 g/mol. The van der Waals surface area contributed by atoms with Gasteiger partial charge in [-0.2, -0.15) is 10.2 Å². The van der Waals surface area contributed by atoms with Gasteiger partial charge >= 0.3 is 0 Å². The van der Waals surface area contributed by atoms with Crippen LogP contribution >= 0.6 is 0 Å². The number of benzene rings is 2. The molecule has 0 saturated heterocycles. The summed E-state index contributed by atoms with van der Waals surface area (Å²) in [6, 6.07) is 16.3. The fourth-order valence-electron chi connectivity index (χ4n) is 3.32. The molecule has 4 aromatic rings. The van der Waals surface area contributed by atoms with Crippen molar-refractivity contribution in [3.8, 4) is 11.4 Å². The van der Waals surface area contributed by atoms with E-state index in [0.29, 0.717) is 17.8 Å². The lowest BCUT2D eigenvalue weighted by atomic mass is 10.2. The molecule has 1 amide bonds. The predicted octanol–water partition coefficient (Wildman–Crippen LogP) is 4.39. The van der Waals surface area contributed by atoms with E-state index in [1.165, 1.54) is 6.07 Å². The van der Waals surface area contributed by atoms with Crippen LogP contribution in [0.2, 0.25) is 0 Å². The van der Waals surface area contributed by atoms with Gasteiger partial charge < -0.3 is 5.32 Å². The van der Waals surface area contributed by atoms with Gasteiger partial charge in [0.15, 0.2) is 5.82 Å². The summed E-state index contributed by atoms with van der Waals surface area (Å²) < 4.78 is 17.9. The molecule has 0 radical (unpaired) electrons. The summed E-state index contributed by atoms with van der Waals surface area (Å²) in [5.74, 6) is -0.621. The zero-order valence-corrected chi connectivity index (χ0v) is 16.8. The first-order valence-corrected chi connectivity index (χ1v) is 9.71. The Morgan fingerprint density at radius 1 is 1.10 bits per heavy atom. The van der Waals surface area contributed by atoms with Crippen LogP contribution in [0.4, 0.5) is 10.1 Å². The number of carbonyl (C=O) groups excluding carboxylic acids is 1. The van der Waals surface area contributed by atoms with Crippen molar-refractivity contribution in [2.75, 3.05) is 5.32 Å². The molecule has 2 heterocycles. The Morgan fingerprint density at radius 2 is 1.90 bits per heavy atom. The summed E-state index contributed by atoms with van der Waals surface area (Å²) in [5, 5.41) is 11.4. The van der Waals surface area contributed by atoms with E-state index in [0.717, 1.165) is 22.6 Å². The van der Waals surface area contributed by atoms with Crippen LogP contribution in [-0.4, -0.2) is 25.5 Å². The van der Waals surface area contributed by atoms with E-state index in [1.54, 1.807) is 27.7 Å². The minimum atomic E-state index is -0.442. The largest absolute Gasteiger partial charge is 0.326 e. The highest BCUT2D eigenvalue weighted by atomic mass is 19.1. The molecule has 7 heteroatoms. The van der Waals surface area contributed by atoms with Crippen LogP contribution in [0.15, 0.2) is 67.0 Å². The van der Waals surface area contributed by atoms with E-state index >= 15 is 0 Å². The molecule has 0 atom stereocenters. The van der Waals surface area contributed by atoms with Gasteiger partial charge in [0.25, 0.3) is 0 Å². The maximum Gasteiger partial charge on any atom is 0.224 e. The fourth-order valence-corrected chi connectivity index (χ4v) is 3.32. The van der Waals surface area contributed by atoms with E-state index < -0.39 is 5.82 Å². The number of rotatable bonds is 6. The summed E-state index contributed by atoms with van der Waals surface area (Å²) in [7, 11) is 0. The first-order valence-electron chi connectivity index (χ1n) is 9.71. The standard InChI is InChI=1S/C23H22FN5O/c1-16-12-17(2)29(27-16)22-10-9-19(13-21(22)24)26-23(30)11-8-18-14-25-28(15-18)20-6-4-3-5-7-20/h3-7,9-10,12-15H,8,11H2,1-2H3,(H,26,30). The molecule has 152 valence electrons. The number of hydrogen-bond acceptors (Lipinski definition) is 3. The highest BCUT2D eigenvalue weighted by molar-refractivity contribution is 5.90. The molecule has 6 nitrogen and oxygen atoms in total. The zero-order valence-electron chi connectivity index (χ0n) is 16.8. The molecule has 0 aliphatic heterocycles. The van der Waals surface area contributed by atoms with Crippen LogP contribution in [0.25, 0.3) is 11.4 Å². The van der Waals surface area contributed by atoms with Crippen LogP contribution in [0.5, 0.6) is 0 Å². The molecule has 0 spiro atoms. The van der Waals surface area contributed by atoms with Gasteiger partial charge in [-0.15, -0.1) is 0 Å². The average Bonchev–Trinajstić information content (AvgIpc) is 3.33. The molecule has 0 aliphatic rings. The summed E-state index contributed by atoms with van der Waals surface area (Å²) in [4.78, 5) is 12.3.